The van der Waals surface area contributed by atoms with Crippen LogP contribution in [0.15, 0.2) is 96.3 Å². The molecule has 0 aliphatic carbocycles. The average molecular weight is 488 g/mol. The van der Waals surface area contributed by atoms with Crippen LogP contribution in [0, 0.1) is 0 Å². The van der Waals surface area contributed by atoms with E-state index in [9.17, 15) is 9.59 Å². The van der Waals surface area contributed by atoms with Gasteiger partial charge in [-0.15, -0.1) is 0 Å². The van der Waals surface area contributed by atoms with E-state index in [2.05, 4.69) is 20.3 Å². The van der Waals surface area contributed by atoms with E-state index in [1.165, 1.54) is 6.33 Å². The van der Waals surface area contributed by atoms with Gasteiger partial charge in [0.2, 0.25) is 0 Å². The highest BCUT2D eigenvalue weighted by atomic mass is 16.2. The number of anilines is 2. The Kier molecular flexibility index (Phi) is 5.23. The van der Waals surface area contributed by atoms with Crippen LogP contribution in [0.25, 0.3) is 38.8 Å². The average Bonchev–Trinajstić information content (AvgIpc) is 3.26. The first-order valence-electron chi connectivity index (χ1n) is 11.5. The van der Waals surface area contributed by atoms with Gasteiger partial charge < -0.3 is 15.6 Å². The molecule has 3 N–H and O–H groups in total. The molecule has 37 heavy (non-hydrogen) atoms. The first-order valence-corrected chi connectivity index (χ1v) is 11.5. The summed E-state index contributed by atoms with van der Waals surface area (Å²) in [6, 6.07) is 21.8. The number of nitrogens with two attached hydrogens (primary N) is 1. The Bertz CT molecular complexity index is 1860. The number of benzene rings is 2. The smallest absolute Gasteiger partial charge is 0.268 e. The second-order valence-electron chi connectivity index (χ2n) is 8.59. The fraction of sp³-hybridized carbons (Fsp3) is 0.0357. The molecule has 6 rings (SSSR count). The topological polar surface area (TPSA) is 121 Å². The van der Waals surface area contributed by atoms with Crippen LogP contribution >= 0.6 is 0 Å². The lowest BCUT2D eigenvalue weighted by atomic mass is 10.1. The monoisotopic (exact) mass is 487 g/mol. The van der Waals surface area contributed by atoms with E-state index < -0.39 is 11.5 Å². The zero-order valence-electron chi connectivity index (χ0n) is 19.8. The van der Waals surface area contributed by atoms with Crippen LogP contribution < -0.4 is 16.6 Å². The maximum Gasteiger partial charge on any atom is 0.268 e. The van der Waals surface area contributed by atoms with Gasteiger partial charge >= 0.3 is 0 Å². The quantitative estimate of drug-likeness (QED) is 0.385. The lowest BCUT2D eigenvalue weighted by molar-refractivity contribution is 0.102. The van der Waals surface area contributed by atoms with Crippen molar-refractivity contribution in [3.63, 3.8) is 0 Å². The molecule has 0 aliphatic rings. The third-order valence-corrected chi connectivity index (χ3v) is 6.27. The van der Waals surface area contributed by atoms with E-state index >= 15 is 0 Å². The molecule has 0 saturated heterocycles. The van der Waals surface area contributed by atoms with Crippen LogP contribution in [0.4, 0.5) is 11.6 Å². The first kappa shape index (κ1) is 22.2. The van der Waals surface area contributed by atoms with Crippen LogP contribution in [0.2, 0.25) is 0 Å². The molecule has 4 aromatic heterocycles. The molecule has 2 aromatic carbocycles. The van der Waals surface area contributed by atoms with Crippen molar-refractivity contribution in [2.75, 3.05) is 11.1 Å². The van der Waals surface area contributed by atoms with Crippen LogP contribution in [0.3, 0.4) is 0 Å². The van der Waals surface area contributed by atoms with Crippen molar-refractivity contribution >= 4 is 39.5 Å². The Morgan fingerprint density at radius 2 is 1.73 bits per heavy atom. The lowest BCUT2D eigenvalue weighted by Crippen LogP contribution is -2.28. The minimum Gasteiger partial charge on any atom is -0.383 e. The number of rotatable bonds is 4. The number of carbonyl (C=O) groups excluding carboxylic acids is 1. The molecule has 0 saturated carbocycles. The number of para-hydroxylation sites is 2. The number of pyridine rings is 2. The molecule has 0 radical (unpaired) electrons. The van der Waals surface area contributed by atoms with Gasteiger partial charge in [-0.25, -0.2) is 15.0 Å². The summed E-state index contributed by atoms with van der Waals surface area (Å²) in [6.45, 7) is 0. The van der Waals surface area contributed by atoms with E-state index in [0.717, 1.165) is 27.4 Å². The van der Waals surface area contributed by atoms with Gasteiger partial charge in [-0.3, -0.25) is 14.2 Å². The van der Waals surface area contributed by atoms with Gasteiger partial charge in [-0.1, -0.05) is 36.4 Å². The number of aromatic nitrogens is 5. The van der Waals surface area contributed by atoms with E-state index in [1.54, 1.807) is 22.9 Å². The van der Waals surface area contributed by atoms with E-state index in [4.69, 9.17) is 5.73 Å². The molecule has 0 spiro atoms. The summed E-state index contributed by atoms with van der Waals surface area (Å²) >= 11 is 0. The third kappa shape index (κ3) is 3.79. The molecular formula is C28H21N7O2. The number of nitrogen functional groups attached to an aromatic ring is 1. The Balaban J connectivity index is 1.36. The van der Waals surface area contributed by atoms with Gasteiger partial charge in [-0.2, -0.15) is 0 Å². The summed E-state index contributed by atoms with van der Waals surface area (Å²) < 4.78 is 3.42. The van der Waals surface area contributed by atoms with E-state index in [0.29, 0.717) is 23.0 Å². The van der Waals surface area contributed by atoms with Gasteiger partial charge in [-0.05, 0) is 41.8 Å². The molecule has 0 fully saturated rings. The second kappa shape index (κ2) is 8.72. The van der Waals surface area contributed by atoms with Crippen molar-refractivity contribution in [1.29, 1.82) is 0 Å². The molecular weight excluding hydrogens is 466 g/mol. The summed E-state index contributed by atoms with van der Waals surface area (Å²) in [5.74, 6) is 0.157. The molecule has 180 valence electrons. The number of nitrogens with zero attached hydrogens (tertiary/aromatic N) is 5. The van der Waals surface area contributed by atoms with Gasteiger partial charge in [0.1, 0.15) is 29.2 Å². The normalized spacial score (nSPS) is 11.2. The molecule has 1 amide bonds. The van der Waals surface area contributed by atoms with Gasteiger partial charge in [0, 0.05) is 36.3 Å². The van der Waals surface area contributed by atoms with Crippen molar-refractivity contribution in [2.24, 2.45) is 7.05 Å². The number of hydrogen-bond donors (Lipinski definition) is 2. The molecule has 6 aromatic rings. The molecule has 0 atom stereocenters. The SMILES string of the molecule is Cn1cc(-c2ccc(NC(=O)c3cc4ccccc4n(-c4ccccc4)c3=O)nc2)c2c(N)ncnc21. The number of hydrogen-bond acceptors (Lipinski definition) is 6. The summed E-state index contributed by atoms with van der Waals surface area (Å²) in [5, 5.41) is 4.27. The molecule has 0 aliphatic heterocycles. The fourth-order valence-corrected chi connectivity index (χ4v) is 4.52. The molecule has 0 unspecified atom stereocenters. The highest BCUT2D eigenvalue weighted by molar-refractivity contribution is 6.06. The van der Waals surface area contributed by atoms with Crippen molar-refractivity contribution in [2.45, 2.75) is 0 Å². The van der Waals surface area contributed by atoms with Crippen LogP contribution in [0.1, 0.15) is 10.4 Å². The Hall–Kier alpha value is -5.31. The molecule has 4 heterocycles. The summed E-state index contributed by atoms with van der Waals surface area (Å²) in [4.78, 5) is 39.5. The summed E-state index contributed by atoms with van der Waals surface area (Å²) in [7, 11) is 1.88. The predicted octanol–water partition coefficient (Wildman–Crippen LogP) is 4.17. The Morgan fingerprint density at radius 3 is 2.51 bits per heavy atom. The minimum atomic E-state index is -0.538. The van der Waals surface area contributed by atoms with Crippen LogP contribution in [-0.2, 0) is 7.05 Å². The van der Waals surface area contributed by atoms with Crippen molar-refractivity contribution < 1.29 is 4.79 Å². The van der Waals surface area contributed by atoms with Crippen molar-refractivity contribution in [3.8, 4) is 16.8 Å². The minimum absolute atomic E-state index is 0.0207. The maximum absolute atomic E-state index is 13.5. The van der Waals surface area contributed by atoms with Gasteiger partial charge in [0.05, 0.1) is 10.9 Å². The Labute approximate surface area is 210 Å². The maximum atomic E-state index is 13.5. The standard InChI is InChI=1S/C28H21N7O2/c1-34-15-21(24-25(29)31-16-32-26(24)34)18-11-12-23(30-14-18)33-27(36)20-13-17-7-5-6-10-22(17)35(28(20)37)19-8-3-2-4-9-19/h2-16H,1H3,(H2,29,31,32)(H,30,33,36). The number of aryl methyl sites for hydroxylation is 1. The molecule has 0 bridgehead atoms. The van der Waals surface area contributed by atoms with Crippen molar-refractivity contribution in [1.82, 2.24) is 24.1 Å². The fourth-order valence-electron chi connectivity index (χ4n) is 4.52. The van der Waals surface area contributed by atoms with Gasteiger partial charge in [0.15, 0.2) is 0 Å². The number of nitrogens with one attached hydrogen (secondary N) is 1. The lowest BCUT2D eigenvalue weighted by Gasteiger charge is -2.13. The molecule has 9 heteroatoms. The molecule has 9 nitrogen and oxygen atoms in total. The highest BCUT2D eigenvalue weighted by Crippen LogP contribution is 2.32. The number of carbonyl (C=O) groups is 1. The van der Waals surface area contributed by atoms with Gasteiger partial charge in [0.25, 0.3) is 11.5 Å². The van der Waals surface area contributed by atoms with E-state index in [-0.39, 0.29) is 5.56 Å². The number of fused-ring (bicyclic) bond motifs is 2. The zero-order valence-corrected chi connectivity index (χ0v) is 19.8. The van der Waals surface area contributed by atoms with E-state index in [1.807, 2.05) is 78.5 Å². The zero-order chi connectivity index (χ0) is 25.5. The third-order valence-electron chi connectivity index (χ3n) is 6.27. The second-order valence-corrected chi connectivity index (χ2v) is 8.59. The first-order chi connectivity index (χ1) is 18.0. The largest absolute Gasteiger partial charge is 0.383 e. The number of amides is 1. The highest BCUT2D eigenvalue weighted by Gasteiger charge is 2.18. The summed E-state index contributed by atoms with van der Waals surface area (Å²) in [5.41, 5.74) is 9.45. The summed E-state index contributed by atoms with van der Waals surface area (Å²) in [6.07, 6.45) is 4.97. The van der Waals surface area contributed by atoms with Crippen molar-refractivity contribution in [3.05, 3.63) is 107 Å². The predicted molar refractivity (Wildman–Crippen MR) is 144 cm³/mol. The Morgan fingerprint density at radius 1 is 0.946 bits per heavy atom. The van der Waals surface area contributed by atoms with Crippen LogP contribution in [0.5, 0.6) is 0 Å². The van der Waals surface area contributed by atoms with Crippen LogP contribution in [-0.4, -0.2) is 30.0 Å².